The fourth-order valence-electron chi connectivity index (χ4n) is 2.85. The summed E-state index contributed by atoms with van der Waals surface area (Å²) in [6.07, 6.45) is 2.39. The summed E-state index contributed by atoms with van der Waals surface area (Å²) in [5.74, 6) is 2.38. The van der Waals surface area contributed by atoms with Crippen molar-refractivity contribution < 1.29 is 9.47 Å². The van der Waals surface area contributed by atoms with E-state index in [1.54, 1.807) is 14.2 Å². The molecule has 0 saturated carbocycles. The van der Waals surface area contributed by atoms with Crippen molar-refractivity contribution in [2.24, 2.45) is 11.7 Å². The number of methoxy groups -OCH3 is 2. The van der Waals surface area contributed by atoms with Gasteiger partial charge < -0.3 is 15.2 Å². The standard InChI is InChI=1S/C16H26N2O2.ClH/c1-12(17)14-4-6-18(7-5-14)11-13-8-15(19-2)10-16(9-13)20-3;/h8-10,12,14H,4-7,11,17H2,1-3H3;1H. The molecule has 1 aliphatic heterocycles. The summed E-state index contributed by atoms with van der Waals surface area (Å²) in [6, 6.07) is 6.39. The van der Waals surface area contributed by atoms with Gasteiger partial charge in [0.2, 0.25) is 0 Å². The summed E-state index contributed by atoms with van der Waals surface area (Å²) in [7, 11) is 3.37. The van der Waals surface area contributed by atoms with E-state index in [1.165, 1.54) is 18.4 Å². The van der Waals surface area contributed by atoms with Gasteiger partial charge in [0.15, 0.2) is 0 Å². The summed E-state index contributed by atoms with van der Waals surface area (Å²) in [5, 5.41) is 0. The first kappa shape index (κ1) is 18.1. The molecule has 1 atom stereocenters. The van der Waals surface area contributed by atoms with Crippen LogP contribution in [0.4, 0.5) is 0 Å². The zero-order valence-corrected chi connectivity index (χ0v) is 14.0. The topological polar surface area (TPSA) is 47.7 Å². The summed E-state index contributed by atoms with van der Waals surface area (Å²) in [5.41, 5.74) is 7.23. The Morgan fingerprint density at radius 1 is 1.14 bits per heavy atom. The highest BCUT2D eigenvalue weighted by molar-refractivity contribution is 5.85. The molecule has 21 heavy (non-hydrogen) atoms. The van der Waals surface area contributed by atoms with Crippen molar-refractivity contribution in [3.63, 3.8) is 0 Å². The van der Waals surface area contributed by atoms with E-state index in [1.807, 2.05) is 6.07 Å². The number of halogens is 1. The monoisotopic (exact) mass is 314 g/mol. The van der Waals surface area contributed by atoms with Gasteiger partial charge in [-0.1, -0.05) is 0 Å². The van der Waals surface area contributed by atoms with Crippen molar-refractivity contribution in [3.05, 3.63) is 23.8 Å². The first-order chi connectivity index (χ1) is 9.62. The van der Waals surface area contributed by atoms with E-state index >= 15 is 0 Å². The van der Waals surface area contributed by atoms with Gasteiger partial charge in [-0.3, -0.25) is 4.90 Å². The van der Waals surface area contributed by atoms with Crippen molar-refractivity contribution in [2.75, 3.05) is 27.3 Å². The number of benzene rings is 1. The van der Waals surface area contributed by atoms with Gasteiger partial charge in [0.05, 0.1) is 14.2 Å². The summed E-state index contributed by atoms with van der Waals surface area (Å²) < 4.78 is 10.6. The maximum atomic E-state index is 5.99. The van der Waals surface area contributed by atoms with Crippen LogP contribution >= 0.6 is 12.4 Å². The highest BCUT2D eigenvalue weighted by Crippen LogP contribution is 2.25. The lowest BCUT2D eigenvalue weighted by Gasteiger charge is -2.33. The van der Waals surface area contributed by atoms with E-state index in [-0.39, 0.29) is 12.4 Å². The maximum Gasteiger partial charge on any atom is 0.122 e. The lowest BCUT2D eigenvalue weighted by Crippen LogP contribution is -2.39. The van der Waals surface area contributed by atoms with E-state index in [2.05, 4.69) is 24.0 Å². The molecule has 5 heteroatoms. The molecule has 0 amide bonds. The second-order valence-corrected chi connectivity index (χ2v) is 5.69. The predicted octanol–water partition coefficient (Wildman–Crippen LogP) is 2.68. The highest BCUT2D eigenvalue weighted by atomic mass is 35.5. The Labute approximate surface area is 134 Å². The molecule has 0 aromatic heterocycles. The number of ether oxygens (including phenoxy) is 2. The average Bonchev–Trinajstić information content (AvgIpc) is 2.47. The first-order valence-corrected chi connectivity index (χ1v) is 7.32. The van der Waals surface area contributed by atoms with Gasteiger partial charge in [-0.05, 0) is 56.5 Å². The summed E-state index contributed by atoms with van der Waals surface area (Å²) in [4.78, 5) is 2.48. The minimum Gasteiger partial charge on any atom is -0.497 e. The molecule has 0 radical (unpaired) electrons. The Hall–Kier alpha value is -0.970. The molecule has 120 valence electrons. The van der Waals surface area contributed by atoms with Crippen LogP contribution in [-0.2, 0) is 6.54 Å². The number of rotatable bonds is 5. The van der Waals surface area contributed by atoms with Crippen molar-refractivity contribution in [2.45, 2.75) is 32.4 Å². The molecule has 0 spiro atoms. The fourth-order valence-corrected chi connectivity index (χ4v) is 2.85. The third kappa shape index (κ3) is 5.06. The second kappa shape index (κ2) is 8.47. The Morgan fingerprint density at radius 2 is 1.67 bits per heavy atom. The average molecular weight is 315 g/mol. The molecule has 0 aliphatic carbocycles. The van der Waals surface area contributed by atoms with Gasteiger partial charge >= 0.3 is 0 Å². The van der Waals surface area contributed by atoms with Crippen LogP contribution in [0.5, 0.6) is 11.5 Å². The number of hydrogen-bond donors (Lipinski definition) is 1. The highest BCUT2D eigenvalue weighted by Gasteiger charge is 2.21. The van der Waals surface area contributed by atoms with Crippen molar-refractivity contribution in [1.29, 1.82) is 0 Å². The number of piperidine rings is 1. The SMILES string of the molecule is COc1cc(CN2CCC(C(C)N)CC2)cc(OC)c1.Cl. The lowest BCUT2D eigenvalue weighted by atomic mass is 9.91. The Kier molecular flexibility index (Phi) is 7.29. The quantitative estimate of drug-likeness (QED) is 0.908. The van der Waals surface area contributed by atoms with Crippen molar-refractivity contribution in [3.8, 4) is 11.5 Å². The van der Waals surface area contributed by atoms with Gasteiger partial charge in [-0.25, -0.2) is 0 Å². The first-order valence-electron chi connectivity index (χ1n) is 7.32. The number of likely N-dealkylation sites (tertiary alicyclic amines) is 1. The van der Waals surface area contributed by atoms with Crippen LogP contribution in [0.25, 0.3) is 0 Å². The van der Waals surface area contributed by atoms with Crippen LogP contribution in [0.1, 0.15) is 25.3 Å². The predicted molar refractivity (Wildman–Crippen MR) is 88.4 cm³/mol. The van der Waals surface area contributed by atoms with Crippen LogP contribution < -0.4 is 15.2 Å². The molecule has 1 unspecified atom stereocenters. The number of nitrogens with zero attached hydrogens (tertiary/aromatic N) is 1. The third-order valence-electron chi connectivity index (χ3n) is 4.19. The van der Waals surface area contributed by atoms with Crippen LogP contribution in [0.3, 0.4) is 0 Å². The second-order valence-electron chi connectivity index (χ2n) is 5.69. The molecule has 2 rings (SSSR count). The molecule has 4 nitrogen and oxygen atoms in total. The maximum absolute atomic E-state index is 5.99. The summed E-state index contributed by atoms with van der Waals surface area (Å²) in [6.45, 7) is 5.30. The van der Waals surface area contributed by atoms with Crippen LogP contribution in [0, 0.1) is 5.92 Å². The number of hydrogen-bond acceptors (Lipinski definition) is 4. The van der Waals surface area contributed by atoms with Crippen molar-refractivity contribution in [1.82, 2.24) is 4.90 Å². The minimum absolute atomic E-state index is 0. The summed E-state index contributed by atoms with van der Waals surface area (Å²) >= 11 is 0. The molecular formula is C16H27ClN2O2. The van der Waals surface area contributed by atoms with Crippen LogP contribution in [-0.4, -0.2) is 38.3 Å². The van der Waals surface area contributed by atoms with Crippen molar-refractivity contribution >= 4 is 12.4 Å². The van der Waals surface area contributed by atoms with E-state index in [9.17, 15) is 0 Å². The van der Waals surface area contributed by atoms with E-state index < -0.39 is 0 Å². The van der Waals surface area contributed by atoms with Gasteiger partial charge in [0, 0.05) is 18.7 Å². The van der Waals surface area contributed by atoms with Crippen LogP contribution in [0.2, 0.25) is 0 Å². The Bertz CT molecular complexity index is 410. The van der Waals surface area contributed by atoms with E-state index in [0.717, 1.165) is 31.1 Å². The number of nitrogens with two attached hydrogens (primary N) is 1. The van der Waals surface area contributed by atoms with E-state index in [0.29, 0.717) is 12.0 Å². The smallest absolute Gasteiger partial charge is 0.122 e. The van der Waals surface area contributed by atoms with E-state index in [4.69, 9.17) is 15.2 Å². The van der Waals surface area contributed by atoms with Gasteiger partial charge in [0.25, 0.3) is 0 Å². The van der Waals surface area contributed by atoms with Gasteiger partial charge in [-0.15, -0.1) is 12.4 Å². The van der Waals surface area contributed by atoms with Crippen LogP contribution in [0.15, 0.2) is 18.2 Å². The Morgan fingerprint density at radius 3 is 2.10 bits per heavy atom. The molecule has 1 aromatic carbocycles. The molecule has 1 aliphatic rings. The molecule has 1 saturated heterocycles. The zero-order chi connectivity index (χ0) is 14.5. The van der Waals surface area contributed by atoms with Gasteiger partial charge in [0.1, 0.15) is 11.5 Å². The molecule has 1 fully saturated rings. The molecule has 1 aromatic rings. The normalized spacial score (nSPS) is 17.9. The Balaban J connectivity index is 0.00000220. The molecular weight excluding hydrogens is 288 g/mol. The third-order valence-corrected chi connectivity index (χ3v) is 4.19. The molecule has 2 N–H and O–H groups in total. The minimum atomic E-state index is 0. The lowest BCUT2D eigenvalue weighted by molar-refractivity contribution is 0.165. The molecule has 0 bridgehead atoms. The van der Waals surface area contributed by atoms with Gasteiger partial charge in [-0.2, -0.15) is 0 Å². The molecule has 1 heterocycles. The largest absolute Gasteiger partial charge is 0.497 e. The fraction of sp³-hybridized carbons (Fsp3) is 0.625. The zero-order valence-electron chi connectivity index (χ0n) is 13.2.